The maximum Gasteiger partial charge on any atom is 0.289 e. The molecule has 7 heteroatoms. The SMILES string of the molecule is CCOc1ccc(C(CC)=NNC(=O)c2cc(-c3ccc(OC)cc3)n[nH]2)cc1. The fraction of sp³-hybridized carbons (Fsp3) is 0.227. The predicted octanol–water partition coefficient (Wildman–Crippen LogP) is 4.03. The molecule has 0 bridgehead atoms. The van der Waals surface area contributed by atoms with Gasteiger partial charge in [-0.25, -0.2) is 5.43 Å². The van der Waals surface area contributed by atoms with Gasteiger partial charge < -0.3 is 9.47 Å². The molecule has 0 unspecified atom stereocenters. The third kappa shape index (κ3) is 5.01. The molecule has 0 saturated heterocycles. The maximum absolute atomic E-state index is 12.5. The second kappa shape index (κ2) is 9.54. The van der Waals surface area contributed by atoms with Crippen LogP contribution in [0.15, 0.2) is 59.7 Å². The summed E-state index contributed by atoms with van der Waals surface area (Å²) in [6.45, 7) is 4.55. The predicted molar refractivity (Wildman–Crippen MR) is 112 cm³/mol. The van der Waals surface area contributed by atoms with E-state index in [1.165, 1.54) is 0 Å². The molecule has 0 atom stereocenters. The average Bonchev–Trinajstić information content (AvgIpc) is 3.26. The van der Waals surface area contributed by atoms with Crippen LogP contribution in [-0.2, 0) is 0 Å². The van der Waals surface area contributed by atoms with Crippen LogP contribution in [-0.4, -0.2) is 35.5 Å². The van der Waals surface area contributed by atoms with Gasteiger partial charge in [0.25, 0.3) is 5.91 Å². The number of H-pyrrole nitrogens is 1. The lowest BCUT2D eigenvalue weighted by atomic mass is 10.1. The number of carbonyl (C=O) groups is 1. The standard InChI is InChI=1S/C22H24N4O3/c1-4-19(15-8-12-18(13-9-15)29-5-2)23-26-22(27)21-14-20(24-25-21)16-6-10-17(28-3)11-7-16/h6-14H,4-5H2,1-3H3,(H,24,25)(H,26,27). The van der Waals surface area contributed by atoms with Gasteiger partial charge in [-0.05, 0) is 73.5 Å². The molecule has 0 aliphatic rings. The van der Waals surface area contributed by atoms with E-state index in [0.717, 1.165) is 28.3 Å². The van der Waals surface area contributed by atoms with Crippen LogP contribution < -0.4 is 14.9 Å². The summed E-state index contributed by atoms with van der Waals surface area (Å²) in [5.74, 6) is 1.21. The summed E-state index contributed by atoms with van der Waals surface area (Å²) in [5.41, 5.74) is 6.19. The van der Waals surface area contributed by atoms with Crippen molar-refractivity contribution < 1.29 is 14.3 Å². The molecule has 7 nitrogen and oxygen atoms in total. The molecular formula is C22H24N4O3. The molecule has 29 heavy (non-hydrogen) atoms. The molecule has 1 heterocycles. The molecule has 0 fully saturated rings. The largest absolute Gasteiger partial charge is 0.497 e. The average molecular weight is 392 g/mol. The van der Waals surface area contributed by atoms with Gasteiger partial charge in [-0.2, -0.15) is 10.2 Å². The highest BCUT2D eigenvalue weighted by atomic mass is 16.5. The summed E-state index contributed by atoms with van der Waals surface area (Å²) in [4.78, 5) is 12.5. The Labute approximate surface area is 169 Å². The lowest BCUT2D eigenvalue weighted by Crippen LogP contribution is -2.20. The van der Waals surface area contributed by atoms with E-state index < -0.39 is 0 Å². The third-order valence-electron chi connectivity index (χ3n) is 4.33. The summed E-state index contributed by atoms with van der Waals surface area (Å²) >= 11 is 0. The topological polar surface area (TPSA) is 88.6 Å². The normalized spacial score (nSPS) is 11.2. The fourth-order valence-electron chi connectivity index (χ4n) is 2.78. The quantitative estimate of drug-likeness (QED) is 0.447. The number of aromatic amines is 1. The first-order valence-corrected chi connectivity index (χ1v) is 9.44. The summed E-state index contributed by atoms with van der Waals surface area (Å²) < 4.78 is 10.6. The highest BCUT2D eigenvalue weighted by Gasteiger charge is 2.11. The lowest BCUT2D eigenvalue weighted by Gasteiger charge is -2.07. The van der Waals surface area contributed by atoms with Crippen LogP contribution in [0.25, 0.3) is 11.3 Å². The second-order valence-electron chi connectivity index (χ2n) is 6.21. The zero-order chi connectivity index (χ0) is 20.6. The second-order valence-corrected chi connectivity index (χ2v) is 6.21. The van der Waals surface area contributed by atoms with Crippen molar-refractivity contribution in [3.63, 3.8) is 0 Å². The Kier molecular flexibility index (Phi) is 6.63. The van der Waals surface area contributed by atoms with Gasteiger partial charge in [0.1, 0.15) is 17.2 Å². The zero-order valence-electron chi connectivity index (χ0n) is 16.7. The van der Waals surface area contributed by atoms with Crippen LogP contribution in [0.4, 0.5) is 0 Å². The van der Waals surface area contributed by atoms with E-state index in [9.17, 15) is 4.79 Å². The number of hydrogen-bond donors (Lipinski definition) is 2. The van der Waals surface area contributed by atoms with Crippen molar-refractivity contribution in [1.82, 2.24) is 15.6 Å². The van der Waals surface area contributed by atoms with E-state index in [-0.39, 0.29) is 5.91 Å². The number of nitrogens with one attached hydrogen (secondary N) is 2. The summed E-state index contributed by atoms with van der Waals surface area (Å²) in [6.07, 6.45) is 0.675. The minimum Gasteiger partial charge on any atom is -0.497 e. The van der Waals surface area contributed by atoms with E-state index in [1.807, 2.05) is 62.4 Å². The number of benzene rings is 2. The number of ether oxygens (including phenoxy) is 2. The third-order valence-corrected chi connectivity index (χ3v) is 4.33. The van der Waals surface area contributed by atoms with Crippen molar-refractivity contribution >= 4 is 11.6 Å². The summed E-state index contributed by atoms with van der Waals surface area (Å²) in [5, 5.41) is 11.2. The van der Waals surface area contributed by atoms with E-state index in [2.05, 4.69) is 20.7 Å². The Morgan fingerprint density at radius 1 is 1.07 bits per heavy atom. The Morgan fingerprint density at radius 3 is 2.38 bits per heavy atom. The first kappa shape index (κ1) is 20.1. The zero-order valence-corrected chi connectivity index (χ0v) is 16.7. The van der Waals surface area contributed by atoms with Crippen molar-refractivity contribution in [3.05, 3.63) is 65.9 Å². The molecule has 0 spiro atoms. The highest BCUT2D eigenvalue weighted by molar-refractivity contribution is 6.02. The number of carbonyl (C=O) groups excluding carboxylic acids is 1. The van der Waals surface area contributed by atoms with Crippen LogP contribution >= 0.6 is 0 Å². The number of hydrazone groups is 1. The van der Waals surface area contributed by atoms with E-state index in [4.69, 9.17) is 9.47 Å². The molecular weight excluding hydrogens is 368 g/mol. The lowest BCUT2D eigenvalue weighted by molar-refractivity contribution is 0.0950. The molecule has 0 saturated carbocycles. The van der Waals surface area contributed by atoms with E-state index >= 15 is 0 Å². The number of rotatable bonds is 8. The minimum absolute atomic E-state index is 0.335. The molecule has 0 radical (unpaired) electrons. The molecule has 3 aromatic rings. The summed E-state index contributed by atoms with van der Waals surface area (Å²) in [7, 11) is 1.62. The monoisotopic (exact) mass is 392 g/mol. The smallest absolute Gasteiger partial charge is 0.289 e. The maximum atomic E-state index is 12.5. The number of nitrogens with zero attached hydrogens (tertiary/aromatic N) is 2. The Hall–Kier alpha value is -3.61. The van der Waals surface area contributed by atoms with Crippen LogP contribution in [0, 0.1) is 0 Å². The Morgan fingerprint density at radius 2 is 1.76 bits per heavy atom. The van der Waals surface area contributed by atoms with Crippen molar-refractivity contribution in [1.29, 1.82) is 0 Å². The number of hydrogen-bond acceptors (Lipinski definition) is 5. The van der Waals surface area contributed by atoms with E-state index in [0.29, 0.717) is 24.4 Å². The first-order valence-electron chi connectivity index (χ1n) is 9.44. The first-order chi connectivity index (χ1) is 14.1. The van der Waals surface area contributed by atoms with Crippen molar-refractivity contribution in [2.45, 2.75) is 20.3 Å². The van der Waals surface area contributed by atoms with Gasteiger partial charge in [0.2, 0.25) is 0 Å². The van der Waals surface area contributed by atoms with Crippen LogP contribution in [0.3, 0.4) is 0 Å². The number of amides is 1. The molecule has 0 aliphatic heterocycles. The van der Waals surface area contributed by atoms with Crippen LogP contribution in [0.5, 0.6) is 11.5 Å². The van der Waals surface area contributed by atoms with Gasteiger partial charge in [0.05, 0.1) is 25.1 Å². The van der Waals surface area contributed by atoms with Gasteiger partial charge in [0.15, 0.2) is 0 Å². The molecule has 150 valence electrons. The molecule has 2 aromatic carbocycles. The molecule has 0 aliphatic carbocycles. The van der Waals surface area contributed by atoms with Gasteiger partial charge in [0, 0.05) is 5.56 Å². The molecule has 1 aromatic heterocycles. The van der Waals surface area contributed by atoms with Crippen molar-refractivity contribution in [2.75, 3.05) is 13.7 Å². The molecule has 1 amide bonds. The number of aromatic nitrogens is 2. The van der Waals surface area contributed by atoms with Crippen LogP contribution in [0.2, 0.25) is 0 Å². The Balaban J connectivity index is 1.69. The fourth-order valence-corrected chi connectivity index (χ4v) is 2.78. The molecule has 2 N–H and O–H groups in total. The van der Waals surface area contributed by atoms with Gasteiger partial charge in [-0.3, -0.25) is 9.89 Å². The van der Waals surface area contributed by atoms with Crippen molar-refractivity contribution in [2.24, 2.45) is 5.10 Å². The summed E-state index contributed by atoms with van der Waals surface area (Å²) in [6, 6.07) is 16.8. The van der Waals surface area contributed by atoms with E-state index in [1.54, 1.807) is 13.2 Å². The van der Waals surface area contributed by atoms with Crippen molar-refractivity contribution in [3.8, 4) is 22.8 Å². The Bertz CT molecular complexity index is 976. The minimum atomic E-state index is -0.353. The highest BCUT2D eigenvalue weighted by Crippen LogP contribution is 2.21. The van der Waals surface area contributed by atoms with Gasteiger partial charge >= 0.3 is 0 Å². The van der Waals surface area contributed by atoms with Gasteiger partial charge in [-0.15, -0.1) is 0 Å². The van der Waals surface area contributed by atoms with Crippen LogP contribution in [0.1, 0.15) is 36.3 Å². The van der Waals surface area contributed by atoms with Gasteiger partial charge in [-0.1, -0.05) is 6.92 Å². The number of methoxy groups -OCH3 is 1. The molecule has 3 rings (SSSR count).